The van der Waals surface area contributed by atoms with Crippen molar-refractivity contribution in [3.63, 3.8) is 0 Å². The first-order valence-corrected chi connectivity index (χ1v) is 7.99. The smallest absolute Gasteiger partial charge is 0.363 e. The highest BCUT2D eigenvalue weighted by molar-refractivity contribution is 7.12. The molecule has 8 heteroatoms. The first-order valence-electron chi connectivity index (χ1n) is 6.80. The monoisotopic (exact) mass is 347 g/mol. The molecule has 1 atom stereocenters. The molecule has 0 fully saturated rings. The lowest BCUT2D eigenvalue weighted by molar-refractivity contribution is -0.137. The first kappa shape index (κ1) is 15.6. The number of rotatable bonds is 2. The van der Waals surface area contributed by atoms with E-state index in [-0.39, 0.29) is 17.1 Å². The predicted molar refractivity (Wildman–Crippen MR) is 80.4 cm³/mol. The van der Waals surface area contributed by atoms with Crippen LogP contribution >= 0.6 is 22.9 Å². The Kier molecular flexibility index (Phi) is 4.03. The molecule has 0 saturated heterocycles. The molecular weight excluding hydrogens is 335 g/mol. The lowest BCUT2D eigenvalue weighted by Crippen LogP contribution is -2.20. The van der Waals surface area contributed by atoms with Gasteiger partial charge in [0.2, 0.25) is 5.28 Å². The van der Waals surface area contributed by atoms with Crippen molar-refractivity contribution in [1.82, 2.24) is 9.97 Å². The second-order valence-corrected chi connectivity index (χ2v) is 6.90. The number of thiophene rings is 1. The summed E-state index contributed by atoms with van der Waals surface area (Å²) in [6, 6.07) is 1.85. The molecule has 0 bridgehead atoms. The van der Waals surface area contributed by atoms with E-state index < -0.39 is 11.7 Å². The van der Waals surface area contributed by atoms with E-state index in [0.29, 0.717) is 0 Å². The molecular formula is C14H13ClF3N3S. The summed E-state index contributed by atoms with van der Waals surface area (Å²) in [6.45, 7) is 2.00. The minimum Gasteiger partial charge on any atom is -0.363 e. The summed E-state index contributed by atoms with van der Waals surface area (Å²) in [5.41, 5.74) is 0.174. The third-order valence-electron chi connectivity index (χ3n) is 3.61. The van der Waals surface area contributed by atoms with Crippen LogP contribution in [0.2, 0.25) is 5.28 Å². The summed E-state index contributed by atoms with van der Waals surface area (Å²) in [5, 5.41) is 2.72. The van der Waals surface area contributed by atoms with Gasteiger partial charge in [-0.15, -0.1) is 11.3 Å². The zero-order valence-corrected chi connectivity index (χ0v) is 13.2. The highest BCUT2D eigenvalue weighted by Crippen LogP contribution is 2.40. The van der Waals surface area contributed by atoms with Crippen molar-refractivity contribution < 1.29 is 13.2 Å². The van der Waals surface area contributed by atoms with Crippen LogP contribution < -0.4 is 5.32 Å². The summed E-state index contributed by atoms with van der Waals surface area (Å²) >= 11 is 7.36. The normalized spacial score (nSPS) is 18.1. The molecule has 0 saturated carbocycles. The molecule has 0 spiro atoms. The average molecular weight is 348 g/mol. The van der Waals surface area contributed by atoms with E-state index in [1.807, 2.05) is 13.0 Å². The summed E-state index contributed by atoms with van der Waals surface area (Å²) in [7, 11) is 0. The van der Waals surface area contributed by atoms with Crippen LogP contribution in [-0.4, -0.2) is 9.97 Å². The van der Waals surface area contributed by atoms with E-state index in [2.05, 4.69) is 15.3 Å². The Bertz CT molecular complexity index is 699. The van der Waals surface area contributed by atoms with Gasteiger partial charge < -0.3 is 5.32 Å². The van der Waals surface area contributed by atoms with Gasteiger partial charge in [0.25, 0.3) is 0 Å². The molecule has 0 aromatic carbocycles. The zero-order chi connectivity index (χ0) is 15.9. The first-order chi connectivity index (χ1) is 10.3. The van der Waals surface area contributed by atoms with Crippen LogP contribution in [0.25, 0.3) is 0 Å². The molecule has 2 aromatic heterocycles. The van der Waals surface area contributed by atoms with Gasteiger partial charge >= 0.3 is 6.18 Å². The maximum absolute atomic E-state index is 13.1. The number of aromatic nitrogens is 2. The van der Waals surface area contributed by atoms with Crippen molar-refractivity contribution in [3.8, 4) is 0 Å². The summed E-state index contributed by atoms with van der Waals surface area (Å²) in [5.74, 6) is -0.255. The van der Waals surface area contributed by atoms with Crippen molar-refractivity contribution >= 4 is 28.8 Å². The van der Waals surface area contributed by atoms with Crippen molar-refractivity contribution in [2.45, 2.75) is 38.4 Å². The van der Waals surface area contributed by atoms with Gasteiger partial charge in [0, 0.05) is 16.0 Å². The Morgan fingerprint density at radius 3 is 2.91 bits per heavy atom. The van der Waals surface area contributed by atoms with Gasteiger partial charge in [-0.05, 0) is 49.4 Å². The van der Waals surface area contributed by atoms with Crippen molar-refractivity contribution in [3.05, 3.63) is 38.4 Å². The molecule has 118 valence electrons. The van der Waals surface area contributed by atoms with Crippen LogP contribution in [0.4, 0.5) is 19.0 Å². The van der Waals surface area contributed by atoms with E-state index in [9.17, 15) is 13.2 Å². The largest absolute Gasteiger partial charge is 0.421 e. The van der Waals surface area contributed by atoms with Crippen LogP contribution in [0.15, 0.2) is 12.3 Å². The minimum atomic E-state index is -4.52. The summed E-state index contributed by atoms with van der Waals surface area (Å²) in [4.78, 5) is 9.58. The molecule has 3 nitrogen and oxygen atoms in total. The number of nitrogens with zero attached hydrogens (tertiary/aromatic N) is 2. The van der Waals surface area contributed by atoms with Gasteiger partial charge in [-0.3, -0.25) is 0 Å². The SMILES string of the molecule is Cc1cc2c(s1)CCC[C@H]2Nc1nc(Cl)ncc1C(F)(F)F. The number of hydrogen-bond acceptors (Lipinski definition) is 4. The molecule has 22 heavy (non-hydrogen) atoms. The molecule has 0 radical (unpaired) electrons. The fraction of sp³-hybridized carbons (Fsp3) is 0.429. The molecule has 1 N–H and O–H groups in total. The Morgan fingerprint density at radius 2 is 2.18 bits per heavy atom. The lowest BCUT2D eigenvalue weighted by atomic mass is 9.93. The highest BCUT2D eigenvalue weighted by Gasteiger charge is 2.36. The van der Waals surface area contributed by atoms with Gasteiger partial charge in [-0.1, -0.05) is 0 Å². The van der Waals surface area contributed by atoms with Gasteiger partial charge in [0.05, 0.1) is 6.04 Å². The number of aryl methyl sites for hydroxylation is 2. The van der Waals surface area contributed by atoms with E-state index >= 15 is 0 Å². The summed E-state index contributed by atoms with van der Waals surface area (Å²) < 4.78 is 39.2. The Morgan fingerprint density at radius 1 is 1.41 bits per heavy atom. The molecule has 1 aliphatic rings. The van der Waals surface area contributed by atoms with Crippen LogP contribution in [0.3, 0.4) is 0 Å². The van der Waals surface area contributed by atoms with Gasteiger partial charge in [-0.2, -0.15) is 13.2 Å². The highest BCUT2D eigenvalue weighted by atomic mass is 35.5. The van der Waals surface area contributed by atoms with Gasteiger partial charge in [-0.25, -0.2) is 9.97 Å². The van der Waals surface area contributed by atoms with Crippen LogP contribution in [0, 0.1) is 6.92 Å². The number of alkyl halides is 3. The zero-order valence-electron chi connectivity index (χ0n) is 11.7. The summed E-state index contributed by atoms with van der Waals surface area (Å²) in [6.07, 6.45) is -1.12. The number of fused-ring (bicyclic) bond motifs is 1. The molecule has 1 aliphatic carbocycles. The fourth-order valence-corrected chi connectivity index (χ4v) is 3.96. The quantitative estimate of drug-likeness (QED) is 0.776. The van der Waals surface area contributed by atoms with Crippen LogP contribution in [0.5, 0.6) is 0 Å². The van der Waals surface area contributed by atoms with Gasteiger partial charge in [0.15, 0.2) is 0 Å². The standard InChI is InChI=1S/C14H13ClF3N3S/c1-7-5-8-10(3-2-4-11(8)22-7)20-12-9(14(16,17)18)6-19-13(15)21-12/h5-6,10H,2-4H2,1H3,(H,19,20,21)/t10-/m1/s1. The van der Waals surface area contributed by atoms with Crippen molar-refractivity contribution in [2.75, 3.05) is 5.32 Å². The number of anilines is 1. The van der Waals surface area contributed by atoms with E-state index in [1.165, 1.54) is 4.88 Å². The Balaban J connectivity index is 1.96. The van der Waals surface area contributed by atoms with E-state index in [0.717, 1.165) is 35.9 Å². The lowest BCUT2D eigenvalue weighted by Gasteiger charge is -2.25. The Labute approximate surface area is 134 Å². The molecule has 2 aromatic rings. The van der Waals surface area contributed by atoms with Crippen LogP contribution in [0.1, 0.15) is 39.8 Å². The molecule has 3 rings (SSSR count). The minimum absolute atomic E-state index is 0.180. The fourth-order valence-electron chi connectivity index (χ4n) is 2.69. The maximum Gasteiger partial charge on any atom is 0.421 e. The number of halogens is 4. The molecule has 0 aliphatic heterocycles. The number of hydrogen-bond donors (Lipinski definition) is 1. The maximum atomic E-state index is 13.1. The predicted octanol–water partition coefficient (Wildman–Crippen LogP) is 5.01. The van der Waals surface area contributed by atoms with Crippen LogP contribution in [-0.2, 0) is 12.6 Å². The third kappa shape index (κ3) is 3.05. The van der Waals surface area contributed by atoms with E-state index in [4.69, 9.17) is 11.6 Å². The van der Waals surface area contributed by atoms with Gasteiger partial charge in [0.1, 0.15) is 11.4 Å². The molecule has 2 heterocycles. The average Bonchev–Trinajstić information content (AvgIpc) is 2.79. The van der Waals surface area contributed by atoms with Crippen molar-refractivity contribution in [2.24, 2.45) is 0 Å². The van der Waals surface area contributed by atoms with E-state index in [1.54, 1.807) is 11.3 Å². The second kappa shape index (κ2) is 5.70. The number of nitrogens with one attached hydrogen (secondary N) is 1. The second-order valence-electron chi connectivity index (χ2n) is 5.22. The molecule has 0 unspecified atom stereocenters. The van der Waals surface area contributed by atoms with Crippen molar-refractivity contribution in [1.29, 1.82) is 0 Å². The topological polar surface area (TPSA) is 37.8 Å². The molecule has 0 amide bonds. The Hall–Kier alpha value is -1.34. The third-order valence-corrected chi connectivity index (χ3v) is 4.92.